The molecule has 0 aromatic heterocycles. The van der Waals surface area contributed by atoms with Gasteiger partial charge in [-0.05, 0) is 109 Å². The molecule has 0 aromatic rings. The Morgan fingerprint density at radius 2 is 0.534 bits per heavy atom. The molecule has 0 rings (SSSR count). The Kier molecular flexibility index (Phi) is 56.9. The third-order valence-electron chi connectivity index (χ3n) is 12.5. The molecular weight excluding hydrogens is 901 g/mol. The van der Waals surface area contributed by atoms with Crippen LogP contribution in [0.5, 0.6) is 0 Å². The molecule has 0 aliphatic rings. The van der Waals surface area contributed by atoms with Crippen LogP contribution in [0, 0.1) is 0 Å². The molecule has 414 valence electrons. The average molecular weight is 1010 g/mol. The van der Waals surface area contributed by atoms with Crippen molar-refractivity contribution < 1.29 is 28.6 Å². The standard InChI is InChI=1S/C67H110O6/c1-4-7-10-13-15-17-19-21-23-25-27-29-30-31-32-33-34-35-36-38-39-41-43-45-47-49-51-54-57-60-66(69)72-63-64(62-71-65(68)59-56-53-12-9-6-3)73-67(70)61-58-55-52-50-48-46-44-42-40-37-28-26-24-22-20-18-16-14-11-8-5-2/h7-8,10-11,15-18,21-24,27-29,37,42,44,48,50,64H,4-6,9,12-14,19-20,25-26,30-36,38-41,43,45-47,49,51-63H2,1-3H3/b10-7-,11-8-,17-15-,18-16-,23-21-,24-22-,29-27-,37-28-,44-42-,50-48-. The second-order valence-corrected chi connectivity index (χ2v) is 19.5. The predicted molar refractivity (Wildman–Crippen MR) is 316 cm³/mol. The minimum absolute atomic E-state index is 0.0966. The molecule has 6 heteroatoms. The van der Waals surface area contributed by atoms with Gasteiger partial charge in [-0.3, -0.25) is 14.4 Å². The van der Waals surface area contributed by atoms with Crippen molar-refractivity contribution in [3.8, 4) is 0 Å². The maximum Gasteiger partial charge on any atom is 0.306 e. The van der Waals surface area contributed by atoms with E-state index in [9.17, 15) is 14.4 Å². The zero-order chi connectivity index (χ0) is 52.9. The lowest BCUT2D eigenvalue weighted by Crippen LogP contribution is -2.30. The topological polar surface area (TPSA) is 78.9 Å². The number of hydrogen-bond acceptors (Lipinski definition) is 6. The number of allylic oxidation sites excluding steroid dienone is 20. The monoisotopic (exact) mass is 1010 g/mol. The van der Waals surface area contributed by atoms with Crippen LogP contribution in [0.2, 0.25) is 0 Å². The number of carbonyl (C=O) groups excluding carboxylic acids is 3. The molecule has 0 radical (unpaired) electrons. The maximum absolute atomic E-state index is 12.8. The van der Waals surface area contributed by atoms with Crippen LogP contribution in [0.4, 0.5) is 0 Å². The summed E-state index contributed by atoms with van der Waals surface area (Å²) in [4.78, 5) is 37.8. The van der Waals surface area contributed by atoms with Gasteiger partial charge in [0.05, 0.1) is 0 Å². The molecular formula is C67H110O6. The molecule has 0 heterocycles. The van der Waals surface area contributed by atoms with E-state index in [1.165, 1.54) is 89.9 Å². The van der Waals surface area contributed by atoms with Crippen LogP contribution in [0.3, 0.4) is 0 Å². The number of hydrogen-bond donors (Lipinski definition) is 0. The number of rotatable bonds is 53. The van der Waals surface area contributed by atoms with Crippen LogP contribution in [-0.4, -0.2) is 37.2 Å². The van der Waals surface area contributed by atoms with E-state index in [1.807, 2.05) is 0 Å². The summed E-state index contributed by atoms with van der Waals surface area (Å²) < 4.78 is 16.7. The summed E-state index contributed by atoms with van der Waals surface area (Å²) in [5, 5.41) is 0. The molecule has 0 aromatic carbocycles. The molecule has 1 unspecified atom stereocenters. The van der Waals surface area contributed by atoms with Crippen LogP contribution in [0.15, 0.2) is 122 Å². The van der Waals surface area contributed by atoms with Crippen molar-refractivity contribution in [2.24, 2.45) is 0 Å². The molecule has 0 bridgehead atoms. The third kappa shape index (κ3) is 58.6. The lowest BCUT2D eigenvalue weighted by molar-refractivity contribution is -0.167. The van der Waals surface area contributed by atoms with Crippen molar-refractivity contribution in [2.45, 2.75) is 271 Å². The van der Waals surface area contributed by atoms with Crippen LogP contribution >= 0.6 is 0 Å². The molecule has 6 nitrogen and oxygen atoms in total. The summed E-state index contributed by atoms with van der Waals surface area (Å²) >= 11 is 0. The van der Waals surface area contributed by atoms with Gasteiger partial charge in [0.2, 0.25) is 0 Å². The summed E-state index contributed by atoms with van der Waals surface area (Å²) in [6.07, 6.45) is 84.0. The molecule has 0 fully saturated rings. The van der Waals surface area contributed by atoms with Crippen molar-refractivity contribution >= 4 is 17.9 Å². The smallest absolute Gasteiger partial charge is 0.306 e. The molecule has 0 aliphatic carbocycles. The fourth-order valence-corrected chi connectivity index (χ4v) is 8.03. The van der Waals surface area contributed by atoms with Crippen molar-refractivity contribution in [3.63, 3.8) is 0 Å². The van der Waals surface area contributed by atoms with E-state index in [0.29, 0.717) is 19.3 Å². The van der Waals surface area contributed by atoms with E-state index in [4.69, 9.17) is 14.2 Å². The Balaban J connectivity index is 4.11. The van der Waals surface area contributed by atoms with Crippen LogP contribution in [-0.2, 0) is 28.6 Å². The van der Waals surface area contributed by atoms with Crippen molar-refractivity contribution in [1.82, 2.24) is 0 Å². The first kappa shape index (κ1) is 68.8. The summed E-state index contributed by atoms with van der Waals surface area (Å²) in [6, 6.07) is 0. The van der Waals surface area contributed by atoms with Crippen LogP contribution in [0.1, 0.15) is 265 Å². The van der Waals surface area contributed by atoms with E-state index in [2.05, 4.69) is 142 Å². The summed E-state index contributed by atoms with van der Waals surface area (Å²) in [5.74, 6) is -0.954. The molecule has 0 aliphatic heterocycles. The molecule has 73 heavy (non-hydrogen) atoms. The van der Waals surface area contributed by atoms with Crippen molar-refractivity contribution in [1.29, 1.82) is 0 Å². The lowest BCUT2D eigenvalue weighted by Gasteiger charge is -2.18. The second kappa shape index (κ2) is 60.4. The van der Waals surface area contributed by atoms with Gasteiger partial charge >= 0.3 is 17.9 Å². The van der Waals surface area contributed by atoms with E-state index < -0.39 is 6.10 Å². The number of carbonyl (C=O) groups is 3. The van der Waals surface area contributed by atoms with Gasteiger partial charge in [-0.15, -0.1) is 0 Å². The largest absolute Gasteiger partial charge is 0.462 e. The highest BCUT2D eigenvalue weighted by Crippen LogP contribution is 2.16. The van der Waals surface area contributed by atoms with Gasteiger partial charge in [0.25, 0.3) is 0 Å². The molecule has 1 atom stereocenters. The Hall–Kier alpha value is -4.19. The van der Waals surface area contributed by atoms with Crippen LogP contribution in [0.25, 0.3) is 0 Å². The lowest BCUT2D eigenvalue weighted by atomic mass is 10.0. The fraction of sp³-hybridized carbons (Fsp3) is 0.657. The van der Waals surface area contributed by atoms with Gasteiger partial charge in [-0.25, -0.2) is 0 Å². The zero-order valence-corrected chi connectivity index (χ0v) is 47.4. The first-order valence-corrected chi connectivity index (χ1v) is 30.0. The highest BCUT2D eigenvalue weighted by Gasteiger charge is 2.19. The Morgan fingerprint density at radius 1 is 0.288 bits per heavy atom. The second-order valence-electron chi connectivity index (χ2n) is 19.5. The van der Waals surface area contributed by atoms with E-state index in [0.717, 1.165) is 128 Å². The number of unbranched alkanes of at least 4 members (excludes halogenated alkanes) is 22. The van der Waals surface area contributed by atoms with Crippen molar-refractivity contribution in [2.75, 3.05) is 13.2 Å². The number of esters is 3. The average Bonchev–Trinajstić information content (AvgIpc) is 3.39. The molecule has 0 spiro atoms. The predicted octanol–water partition coefficient (Wildman–Crippen LogP) is 20.4. The van der Waals surface area contributed by atoms with E-state index in [-0.39, 0.29) is 37.5 Å². The van der Waals surface area contributed by atoms with E-state index >= 15 is 0 Å². The highest BCUT2D eigenvalue weighted by atomic mass is 16.6. The van der Waals surface area contributed by atoms with Crippen molar-refractivity contribution in [3.05, 3.63) is 122 Å². The molecule has 0 saturated carbocycles. The molecule has 0 amide bonds. The van der Waals surface area contributed by atoms with Crippen LogP contribution < -0.4 is 0 Å². The van der Waals surface area contributed by atoms with Gasteiger partial charge in [-0.1, -0.05) is 258 Å². The number of ether oxygens (including phenoxy) is 3. The van der Waals surface area contributed by atoms with Gasteiger partial charge in [0, 0.05) is 19.3 Å². The highest BCUT2D eigenvalue weighted by molar-refractivity contribution is 5.71. The minimum atomic E-state index is -0.799. The summed E-state index contributed by atoms with van der Waals surface area (Å²) in [5.41, 5.74) is 0. The zero-order valence-electron chi connectivity index (χ0n) is 47.4. The minimum Gasteiger partial charge on any atom is -0.462 e. The van der Waals surface area contributed by atoms with Gasteiger partial charge in [0.15, 0.2) is 6.10 Å². The maximum atomic E-state index is 12.8. The summed E-state index contributed by atoms with van der Waals surface area (Å²) in [6.45, 7) is 6.29. The summed E-state index contributed by atoms with van der Waals surface area (Å²) in [7, 11) is 0. The first-order chi connectivity index (χ1) is 36.0. The Labute approximate surface area is 450 Å². The molecule has 0 saturated heterocycles. The Bertz CT molecular complexity index is 1540. The first-order valence-electron chi connectivity index (χ1n) is 30.0. The fourth-order valence-electron chi connectivity index (χ4n) is 8.03. The van der Waals surface area contributed by atoms with Gasteiger partial charge in [-0.2, -0.15) is 0 Å². The van der Waals surface area contributed by atoms with Gasteiger partial charge in [0.1, 0.15) is 13.2 Å². The molecule has 0 N–H and O–H groups in total. The Morgan fingerprint density at radius 3 is 0.863 bits per heavy atom. The van der Waals surface area contributed by atoms with Gasteiger partial charge < -0.3 is 14.2 Å². The normalized spacial score (nSPS) is 13.0. The van der Waals surface area contributed by atoms with E-state index in [1.54, 1.807) is 0 Å². The third-order valence-corrected chi connectivity index (χ3v) is 12.5. The quantitative estimate of drug-likeness (QED) is 0.0261. The SMILES string of the molecule is CC/C=C\C/C=C\C/C=C\C/C=C\C/C=C\C/C=C\CCCCC(=O)OC(COC(=O)CCCCCCC)COC(=O)CCCCCCCCCCCCCCCCCC/C=C\C/C=C\C/C=C\C/C=C\CC.